The van der Waals surface area contributed by atoms with Gasteiger partial charge in [-0.25, -0.2) is 0 Å². The summed E-state index contributed by atoms with van der Waals surface area (Å²) in [6, 6.07) is 26.8. The van der Waals surface area contributed by atoms with Gasteiger partial charge < -0.3 is 28.8 Å². The summed E-state index contributed by atoms with van der Waals surface area (Å²) in [5.41, 5.74) is 1.18. The molecule has 1 fully saturated rings. The summed E-state index contributed by atoms with van der Waals surface area (Å²) in [5.74, 6) is 1.45. The van der Waals surface area contributed by atoms with E-state index in [1.807, 2.05) is 78.9 Å². The van der Waals surface area contributed by atoms with Crippen molar-refractivity contribution in [3.63, 3.8) is 0 Å². The molecule has 0 saturated carbocycles. The van der Waals surface area contributed by atoms with Gasteiger partial charge in [0, 0.05) is 12.3 Å². The van der Waals surface area contributed by atoms with E-state index in [2.05, 4.69) is 4.98 Å². The van der Waals surface area contributed by atoms with Gasteiger partial charge >= 0.3 is 6.01 Å². The second kappa shape index (κ2) is 10.2. The van der Waals surface area contributed by atoms with Gasteiger partial charge in [-0.05, 0) is 41.0 Å². The fraction of sp³-hybridized carbons (Fsp3) is 0.267. The van der Waals surface area contributed by atoms with Crippen LogP contribution in [0.4, 0.5) is 0 Å². The van der Waals surface area contributed by atoms with E-state index in [1.54, 1.807) is 25.0 Å². The smallest absolute Gasteiger partial charge is 0.302 e. The molecule has 0 spiro atoms. The van der Waals surface area contributed by atoms with E-state index < -0.39 is 35.7 Å². The fourth-order valence-electron chi connectivity index (χ4n) is 5.29. The average Bonchev–Trinajstić information content (AvgIpc) is 3.49. The molecular formula is C30H28N2O7. The number of fused-ring (bicyclic) bond motifs is 3. The standard InChI is InChI=1S/C30H28N2O7/c1-35-22-12-8-20(9-13-22)30(19-6-4-3-5-7-19,21-10-14-23(36-2)15-11-21)37-18-24-26(34)27-28(38-24)32-17-16-25(33)31-29(32)39-27/h3-17,24,26-28,34H,18H2,1-2H3/t24-,26?,27-,28-/m1/s1. The predicted octanol–water partition coefficient (Wildman–Crippen LogP) is 3.29. The summed E-state index contributed by atoms with van der Waals surface area (Å²) < 4.78 is 31.3. The molecule has 3 heterocycles. The Morgan fingerprint density at radius 3 is 2.05 bits per heavy atom. The van der Waals surface area contributed by atoms with Crippen molar-refractivity contribution in [1.29, 1.82) is 0 Å². The van der Waals surface area contributed by atoms with Crippen molar-refractivity contribution in [1.82, 2.24) is 9.55 Å². The molecule has 0 amide bonds. The molecule has 2 aliphatic heterocycles. The Balaban J connectivity index is 1.39. The van der Waals surface area contributed by atoms with Crippen LogP contribution in [-0.4, -0.2) is 53.8 Å². The number of ether oxygens (including phenoxy) is 5. The number of hydrogen-bond donors (Lipinski definition) is 1. The van der Waals surface area contributed by atoms with E-state index in [4.69, 9.17) is 23.7 Å². The van der Waals surface area contributed by atoms with E-state index in [0.717, 1.165) is 28.2 Å². The van der Waals surface area contributed by atoms with Crippen molar-refractivity contribution >= 4 is 0 Å². The van der Waals surface area contributed by atoms with Gasteiger partial charge in [-0.2, -0.15) is 4.98 Å². The lowest BCUT2D eigenvalue weighted by atomic mass is 9.80. The minimum absolute atomic E-state index is 0.0490. The lowest BCUT2D eigenvalue weighted by molar-refractivity contribution is -0.0936. The topological polar surface area (TPSA) is 101 Å². The van der Waals surface area contributed by atoms with Crippen molar-refractivity contribution in [2.45, 2.75) is 30.1 Å². The monoisotopic (exact) mass is 528 g/mol. The van der Waals surface area contributed by atoms with Crippen molar-refractivity contribution in [2.24, 2.45) is 0 Å². The molecule has 0 aliphatic carbocycles. The average molecular weight is 529 g/mol. The highest BCUT2D eigenvalue weighted by atomic mass is 16.6. The fourth-order valence-corrected chi connectivity index (χ4v) is 5.29. The maximum atomic E-state index is 11.6. The first kappa shape index (κ1) is 25.1. The van der Waals surface area contributed by atoms with Gasteiger partial charge in [0.05, 0.1) is 20.8 Å². The van der Waals surface area contributed by atoms with Crippen LogP contribution < -0.4 is 19.8 Å². The van der Waals surface area contributed by atoms with Crippen molar-refractivity contribution in [3.8, 4) is 17.5 Å². The van der Waals surface area contributed by atoms with E-state index >= 15 is 0 Å². The summed E-state index contributed by atoms with van der Waals surface area (Å²) in [6.45, 7) is 0.0490. The van der Waals surface area contributed by atoms with E-state index in [-0.39, 0.29) is 12.6 Å². The minimum Gasteiger partial charge on any atom is -0.497 e. The highest BCUT2D eigenvalue weighted by Gasteiger charge is 2.52. The summed E-state index contributed by atoms with van der Waals surface area (Å²) >= 11 is 0. The lowest BCUT2D eigenvalue weighted by Crippen LogP contribution is -2.40. The second-order valence-electron chi connectivity index (χ2n) is 9.41. The van der Waals surface area contributed by atoms with Gasteiger partial charge in [-0.3, -0.25) is 9.36 Å². The molecule has 2 aliphatic rings. The largest absolute Gasteiger partial charge is 0.497 e. The Morgan fingerprint density at radius 1 is 0.872 bits per heavy atom. The Morgan fingerprint density at radius 2 is 1.46 bits per heavy atom. The Bertz CT molecular complexity index is 1440. The number of nitrogens with zero attached hydrogens (tertiary/aromatic N) is 2. The van der Waals surface area contributed by atoms with Crippen LogP contribution in [-0.2, 0) is 15.1 Å². The lowest BCUT2D eigenvalue weighted by Gasteiger charge is -2.37. The summed E-state index contributed by atoms with van der Waals surface area (Å²) in [7, 11) is 3.25. The zero-order valence-electron chi connectivity index (χ0n) is 21.5. The predicted molar refractivity (Wildman–Crippen MR) is 141 cm³/mol. The molecule has 0 bridgehead atoms. The number of methoxy groups -OCH3 is 2. The molecule has 200 valence electrons. The Labute approximate surface area is 225 Å². The molecule has 4 atom stereocenters. The van der Waals surface area contributed by atoms with Crippen LogP contribution in [0, 0.1) is 0 Å². The van der Waals surface area contributed by atoms with Crippen molar-refractivity contribution in [2.75, 3.05) is 20.8 Å². The van der Waals surface area contributed by atoms with Crippen molar-refractivity contribution < 1.29 is 28.8 Å². The number of rotatable bonds is 8. The van der Waals surface area contributed by atoms with Crippen LogP contribution in [0.25, 0.3) is 0 Å². The molecule has 1 saturated heterocycles. The van der Waals surface area contributed by atoms with Gasteiger partial charge in [0.15, 0.2) is 12.3 Å². The molecule has 0 radical (unpaired) electrons. The van der Waals surface area contributed by atoms with Gasteiger partial charge in [0.1, 0.15) is 29.3 Å². The first-order valence-electron chi connectivity index (χ1n) is 12.6. The molecule has 6 rings (SSSR count). The first-order chi connectivity index (χ1) is 19.0. The van der Waals surface area contributed by atoms with E-state index in [9.17, 15) is 9.90 Å². The third kappa shape index (κ3) is 4.34. The van der Waals surface area contributed by atoms with Gasteiger partial charge in [-0.15, -0.1) is 0 Å². The summed E-state index contributed by atoms with van der Waals surface area (Å²) in [6.07, 6.45) is -1.47. The molecule has 1 N–H and O–H groups in total. The van der Waals surface area contributed by atoms with Crippen molar-refractivity contribution in [3.05, 3.63) is 118 Å². The second-order valence-corrected chi connectivity index (χ2v) is 9.41. The Kier molecular flexibility index (Phi) is 6.56. The van der Waals surface area contributed by atoms with Gasteiger partial charge in [0.2, 0.25) is 0 Å². The highest BCUT2D eigenvalue weighted by Crippen LogP contribution is 2.44. The SMILES string of the molecule is COc1ccc(C(OC[C@H]2O[C@@H]3[C@H](Oc4nc(=O)ccn43)C2O)(c2ccccc2)c2ccc(OC)cc2)cc1. The van der Waals surface area contributed by atoms with Gasteiger partial charge in [-0.1, -0.05) is 54.6 Å². The van der Waals surface area contributed by atoms with Crippen LogP contribution in [0.1, 0.15) is 22.9 Å². The Hall–Kier alpha value is -4.18. The third-order valence-corrected chi connectivity index (χ3v) is 7.27. The van der Waals surface area contributed by atoms with Crippen LogP contribution in [0.5, 0.6) is 17.5 Å². The molecule has 4 aromatic rings. The maximum Gasteiger partial charge on any atom is 0.302 e. The van der Waals surface area contributed by atoms with Gasteiger partial charge in [0.25, 0.3) is 5.56 Å². The minimum atomic E-state index is -1.05. The molecule has 1 aromatic heterocycles. The quantitative estimate of drug-likeness (QED) is 0.348. The number of hydrogen-bond acceptors (Lipinski definition) is 8. The summed E-state index contributed by atoms with van der Waals surface area (Å²) in [4.78, 5) is 15.5. The van der Waals surface area contributed by atoms with Crippen LogP contribution in [0.3, 0.4) is 0 Å². The molecular weight excluding hydrogens is 500 g/mol. The number of benzene rings is 3. The van der Waals surface area contributed by atoms with E-state index in [0.29, 0.717) is 0 Å². The van der Waals surface area contributed by atoms with E-state index in [1.165, 1.54) is 6.07 Å². The molecule has 9 heteroatoms. The first-order valence-corrected chi connectivity index (χ1v) is 12.6. The number of aromatic nitrogens is 2. The molecule has 3 aromatic carbocycles. The zero-order chi connectivity index (χ0) is 27.0. The molecule has 1 unspecified atom stereocenters. The third-order valence-electron chi connectivity index (χ3n) is 7.27. The van der Waals surface area contributed by atoms with Crippen LogP contribution in [0.2, 0.25) is 0 Å². The summed E-state index contributed by atoms with van der Waals surface area (Å²) in [5, 5.41) is 11.2. The number of aliphatic hydroxyl groups is 1. The normalized spacial score (nSPS) is 21.6. The van der Waals surface area contributed by atoms with Crippen LogP contribution >= 0.6 is 0 Å². The zero-order valence-corrected chi connectivity index (χ0v) is 21.5. The molecule has 9 nitrogen and oxygen atoms in total. The molecule has 39 heavy (non-hydrogen) atoms. The van der Waals surface area contributed by atoms with Crippen LogP contribution in [0.15, 0.2) is 95.9 Å². The highest BCUT2D eigenvalue weighted by molar-refractivity contribution is 5.49. The maximum absolute atomic E-state index is 11.6. The number of aliphatic hydroxyl groups excluding tert-OH is 1.